The van der Waals surface area contributed by atoms with E-state index in [1.807, 2.05) is 11.8 Å². The first kappa shape index (κ1) is 14.8. The highest BCUT2D eigenvalue weighted by Crippen LogP contribution is 2.06. The van der Waals surface area contributed by atoms with Crippen molar-refractivity contribution in [2.24, 2.45) is 5.73 Å². The third kappa shape index (κ3) is 5.29. The molecule has 0 aromatic carbocycles. The zero-order valence-electron chi connectivity index (χ0n) is 10.1. The standard InChI is InChI=1S/C10H20N2O3S2/c1-2-6-17(13,14)7-4-12-3-5-15-9(8-12)10(11)16/h9H,2-8H2,1H3,(H2,11,16). The van der Waals surface area contributed by atoms with E-state index in [1.54, 1.807) is 0 Å². The van der Waals surface area contributed by atoms with E-state index in [2.05, 4.69) is 0 Å². The van der Waals surface area contributed by atoms with E-state index in [0.717, 1.165) is 6.54 Å². The van der Waals surface area contributed by atoms with Crippen LogP contribution in [0, 0.1) is 0 Å². The Morgan fingerprint density at radius 2 is 2.24 bits per heavy atom. The molecule has 0 amide bonds. The Kier molecular flexibility index (Phi) is 5.78. The molecule has 17 heavy (non-hydrogen) atoms. The third-order valence-corrected chi connectivity index (χ3v) is 4.80. The molecule has 7 heteroatoms. The van der Waals surface area contributed by atoms with E-state index in [-0.39, 0.29) is 17.6 Å². The van der Waals surface area contributed by atoms with Gasteiger partial charge in [-0.25, -0.2) is 8.42 Å². The van der Waals surface area contributed by atoms with Gasteiger partial charge >= 0.3 is 0 Å². The molecule has 0 aromatic rings. The first-order valence-corrected chi connectivity index (χ1v) is 8.01. The molecule has 0 bridgehead atoms. The van der Waals surface area contributed by atoms with Crippen LogP contribution in [-0.4, -0.2) is 62.2 Å². The average molecular weight is 280 g/mol. The summed E-state index contributed by atoms with van der Waals surface area (Å²) in [6, 6.07) is 0. The highest BCUT2D eigenvalue weighted by Gasteiger charge is 2.23. The fourth-order valence-corrected chi connectivity index (χ4v) is 3.26. The van der Waals surface area contributed by atoms with Crippen LogP contribution in [0.3, 0.4) is 0 Å². The highest BCUT2D eigenvalue weighted by atomic mass is 32.2. The minimum Gasteiger partial charge on any atom is -0.391 e. The Hall–Kier alpha value is -0.240. The number of morpholine rings is 1. The van der Waals surface area contributed by atoms with E-state index < -0.39 is 9.84 Å². The normalized spacial score (nSPS) is 22.5. The van der Waals surface area contributed by atoms with E-state index in [0.29, 0.717) is 31.1 Å². The van der Waals surface area contributed by atoms with Crippen molar-refractivity contribution in [2.45, 2.75) is 19.4 Å². The number of nitrogens with zero attached hydrogens (tertiary/aromatic N) is 1. The quantitative estimate of drug-likeness (QED) is 0.679. The minimum atomic E-state index is -2.92. The van der Waals surface area contributed by atoms with Gasteiger partial charge in [0.1, 0.15) is 11.1 Å². The fraction of sp³-hybridized carbons (Fsp3) is 0.900. The summed E-state index contributed by atoms with van der Waals surface area (Å²) in [5.41, 5.74) is 5.52. The Morgan fingerprint density at radius 1 is 1.53 bits per heavy atom. The summed E-state index contributed by atoms with van der Waals surface area (Å²) in [4.78, 5) is 2.38. The van der Waals surface area contributed by atoms with Gasteiger partial charge in [-0.05, 0) is 6.42 Å². The Morgan fingerprint density at radius 3 is 2.82 bits per heavy atom. The minimum absolute atomic E-state index is 0.199. The highest BCUT2D eigenvalue weighted by molar-refractivity contribution is 7.91. The van der Waals surface area contributed by atoms with Crippen LogP contribution in [0.25, 0.3) is 0 Å². The summed E-state index contributed by atoms with van der Waals surface area (Å²) in [6.07, 6.45) is 0.425. The summed E-state index contributed by atoms with van der Waals surface area (Å²) in [6.45, 7) is 4.29. The molecule has 1 saturated heterocycles. The van der Waals surface area contributed by atoms with E-state index >= 15 is 0 Å². The van der Waals surface area contributed by atoms with Crippen molar-refractivity contribution < 1.29 is 13.2 Å². The molecule has 1 heterocycles. The molecule has 2 N–H and O–H groups in total. The summed E-state index contributed by atoms with van der Waals surface area (Å²) < 4.78 is 28.6. The van der Waals surface area contributed by atoms with Gasteiger partial charge in [0.2, 0.25) is 0 Å². The SMILES string of the molecule is CCCS(=O)(=O)CCN1CCOC(C(N)=S)C1. The maximum Gasteiger partial charge on any atom is 0.151 e. The first-order valence-electron chi connectivity index (χ1n) is 5.78. The average Bonchev–Trinajstić information content (AvgIpc) is 2.27. The number of rotatable bonds is 6. The Balaban J connectivity index is 2.39. The van der Waals surface area contributed by atoms with Crippen LogP contribution in [0.5, 0.6) is 0 Å². The third-order valence-electron chi connectivity index (χ3n) is 2.70. The van der Waals surface area contributed by atoms with Gasteiger partial charge in [-0.3, -0.25) is 4.90 Å². The summed E-state index contributed by atoms with van der Waals surface area (Å²) in [7, 11) is -2.92. The predicted molar refractivity (Wildman–Crippen MR) is 71.9 cm³/mol. The van der Waals surface area contributed by atoms with Crippen molar-refractivity contribution in [2.75, 3.05) is 37.7 Å². The first-order chi connectivity index (χ1) is 7.94. The van der Waals surface area contributed by atoms with Gasteiger partial charge in [0, 0.05) is 25.4 Å². The van der Waals surface area contributed by atoms with E-state index in [1.165, 1.54) is 0 Å². The van der Waals surface area contributed by atoms with Crippen LogP contribution < -0.4 is 5.73 Å². The van der Waals surface area contributed by atoms with Crippen LogP contribution in [0.2, 0.25) is 0 Å². The largest absolute Gasteiger partial charge is 0.391 e. The maximum absolute atomic E-state index is 11.6. The molecule has 1 aliphatic heterocycles. The summed E-state index contributed by atoms with van der Waals surface area (Å²) in [5, 5.41) is 0. The second-order valence-corrected chi connectivity index (χ2v) is 6.99. The monoisotopic (exact) mass is 280 g/mol. The molecule has 0 saturated carbocycles. The van der Waals surface area contributed by atoms with Crippen molar-refractivity contribution in [1.29, 1.82) is 0 Å². The summed E-state index contributed by atoms with van der Waals surface area (Å²) in [5.74, 6) is 0.459. The Labute approximate surface area is 108 Å². The van der Waals surface area contributed by atoms with Gasteiger partial charge in [0.25, 0.3) is 0 Å². The molecule has 0 aliphatic carbocycles. The molecule has 0 spiro atoms. The van der Waals surface area contributed by atoms with Gasteiger partial charge < -0.3 is 10.5 Å². The molecule has 1 rings (SSSR count). The van der Waals surface area contributed by atoms with Crippen LogP contribution in [0.15, 0.2) is 0 Å². The number of hydrogen-bond donors (Lipinski definition) is 1. The molecular formula is C10H20N2O3S2. The van der Waals surface area contributed by atoms with Crippen LogP contribution >= 0.6 is 12.2 Å². The Bertz CT molecular complexity index is 357. The lowest BCUT2D eigenvalue weighted by molar-refractivity contribution is 0.00974. The van der Waals surface area contributed by atoms with Crippen LogP contribution in [-0.2, 0) is 14.6 Å². The lowest BCUT2D eigenvalue weighted by atomic mass is 10.3. The molecule has 1 aliphatic rings. The molecule has 5 nitrogen and oxygen atoms in total. The zero-order chi connectivity index (χ0) is 12.9. The molecule has 0 radical (unpaired) electrons. The van der Waals surface area contributed by atoms with E-state index in [9.17, 15) is 8.42 Å². The van der Waals surface area contributed by atoms with Crippen molar-refractivity contribution in [3.63, 3.8) is 0 Å². The molecule has 100 valence electrons. The number of thiocarbonyl (C=S) groups is 1. The molecule has 1 atom stereocenters. The topological polar surface area (TPSA) is 72.6 Å². The van der Waals surface area contributed by atoms with Gasteiger partial charge in [-0.15, -0.1) is 0 Å². The van der Waals surface area contributed by atoms with Crippen molar-refractivity contribution in [1.82, 2.24) is 4.90 Å². The number of nitrogens with two attached hydrogens (primary N) is 1. The molecule has 1 fully saturated rings. The van der Waals surface area contributed by atoms with Gasteiger partial charge in [0.05, 0.1) is 12.4 Å². The lowest BCUT2D eigenvalue weighted by Crippen LogP contribution is -2.48. The lowest BCUT2D eigenvalue weighted by Gasteiger charge is -2.32. The number of sulfone groups is 1. The van der Waals surface area contributed by atoms with Crippen molar-refractivity contribution >= 4 is 27.0 Å². The maximum atomic E-state index is 11.6. The fourth-order valence-electron chi connectivity index (χ4n) is 1.76. The predicted octanol–water partition coefficient (Wildman–Crippen LogP) is -0.202. The second-order valence-electron chi connectivity index (χ2n) is 4.21. The summed E-state index contributed by atoms with van der Waals surface area (Å²) >= 11 is 4.88. The second kappa shape index (κ2) is 6.63. The van der Waals surface area contributed by atoms with Crippen molar-refractivity contribution in [3.05, 3.63) is 0 Å². The number of hydrogen-bond acceptors (Lipinski definition) is 5. The van der Waals surface area contributed by atoms with Crippen LogP contribution in [0.4, 0.5) is 0 Å². The molecular weight excluding hydrogens is 260 g/mol. The van der Waals surface area contributed by atoms with Crippen molar-refractivity contribution in [3.8, 4) is 0 Å². The molecule has 0 aromatic heterocycles. The van der Waals surface area contributed by atoms with Crippen LogP contribution in [0.1, 0.15) is 13.3 Å². The zero-order valence-corrected chi connectivity index (χ0v) is 11.7. The number of ether oxygens (including phenoxy) is 1. The van der Waals surface area contributed by atoms with Gasteiger partial charge in [-0.1, -0.05) is 19.1 Å². The molecule has 1 unspecified atom stereocenters. The van der Waals surface area contributed by atoms with E-state index in [4.69, 9.17) is 22.7 Å². The van der Waals surface area contributed by atoms with Gasteiger partial charge in [-0.2, -0.15) is 0 Å². The van der Waals surface area contributed by atoms with Gasteiger partial charge in [0.15, 0.2) is 9.84 Å². The smallest absolute Gasteiger partial charge is 0.151 e.